The van der Waals surface area contributed by atoms with Crippen molar-refractivity contribution in [3.8, 4) is 0 Å². The lowest BCUT2D eigenvalue weighted by Crippen LogP contribution is -2.67. The van der Waals surface area contributed by atoms with Gasteiger partial charge in [0.15, 0.2) is 0 Å². The van der Waals surface area contributed by atoms with E-state index < -0.39 is 6.04 Å². The summed E-state index contributed by atoms with van der Waals surface area (Å²) >= 11 is 0. The predicted molar refractivity (Wildman–Crippen MR) is 85.9 cm³/mol. The Bertz CT molecular complexity index is 371. The lowest BCUT2D eigenvalue weighted by molar-refractivity contribution is -0.154. The number of amides is 2. The first-order valence-electron chi connectivity index (χ1n) is 8.31. The summed E-state index contributed by atoms with van der Waals surface area (Å²) in [5.74, 6) is 0.221. The Morgan fingerprint density at radius 3 is 2.24 bits per heavy atom. The van der Waals surface area contributed by atoms with E-state index >= 15 is 0 Å². The van der Waals surface area contributed by atoms with Gasteiger partial charge < -0.3 is 10.2 Å². The number of piperazine rings is 1. The van der Waals surface area contributed by atoms with E-state index in [2.05, 4.69) is 12.2 Å². The number of nitrogens with zero attached hydrogens (tertiary/aromatic N) is 1. The van der Waals surface area contributed by atoms with E-state index in [0.29, 0.717) is 6.54 Å². The molecule has 4 heteroatoms. The van der Waals surface area contributed by atoms with Crippen LogP contribution >= 0.6 is 0 Å². The third kappa shape index (κ3) is 4.45. The first kappa shape index (κ1) is 18.0. The van der Waals surface area contributed by atoms with Crippen molar-refractivity contribution < 1.29 is 9.59 Å². The first-order valence-corrected chi connectivity index (χ1v) is 8.31. The van der Waals surface area contributed by atoms with Gasteiger partial charge in [0.05, 0.1) is 0 Å². The van der Waals surface area contributed by atoms with E-state index in [9.17, 15) is 9.59 Å². The second kappa shape index (κ2) is 7.28. The molecule has 1 saturated heterocycles. The number of rotatable bonds is 6. The van der Waals surface area contributed by atoms with Crippen molar-refractivity contribution in [2.45, 2.75) is 79.3 Å². The number of carbonyl (C=O) groups excluding carboxylic acids is 2. The molecule has 2 atom stereocenters. The van der Waals surface area contributed by atoms with Crippen molar-refractivity contribution in [2.24, 2.45) is 11.3 Å². The van der Waals surface area contributed by atoms with Crippen molar-refractivity contribution in [1.29, 1.82) is 0 Å². The molecule has 0 spiro atoms. The van der Waals surface area contributed by atoms with Crippen LogP contribution in [0.4, 0.5) is 0 Å². The summed E-state index contributed by atoms with van der Waals surface area (Å²) in [6.45, 7) is 12.9. The monoisotopic (exact) mass is 296 g/mol. The zero-order valence-electron chi connectivity index (χ0n) is 14.5. The van der Waals surface area contributed by atoms with Crippen LogP contribution < -0.4 is 5.32 Å². The number of carbonyl (C=O) groups is 2. The molecule has 0 saturated carbocycles. The molecule has 1 rings (SSSR count). The van der Waals surface area contributed by atoms with Crippen LogP contribution in [0, 0.1) is 11.3 Å². The van der Waals surface area contributed by atoms with Crippen molar-refractivity contribution in [3.05, 3.63) is 0 Å². The van der Waals surface area contributed by atoms with E-state index in [1.165, 1.54) is 12.8 Å². The molecule has 122 valence electrons. The molecule has 2 unspecified atom stereocenters. The average molecular weight is 296 g/mol. The second-order valence-electron chi connectivity index (χ2n) is 7.59. The molecule has 0 aromatic heterocycles. The summed E-state index contributed by atoms with van der Waals surface area (Å²) in [5.41, 5.74) is -0.254. The van der Waals surface area contributed by atoms with Gasteiger partial charge in [-0.05, 0) is 17.8 Å². The van der Waals surface area contributed by atoms with Crippen molar-refractivity contribution in [1.82, 2.24) is 10.2 Å². The Morgan fingerprint density at radius 2 is 1.76 bits per heavy atom. The molecule has 4 nitrogen and oxygen atoms in total. The van der Waals surface area contributed by atoms with Crippen molar-refractivity contribution in [2.75, 3.05) is 6.54 Å². The summed E-state index contributed by atoms with van der Waals surface area (Å²) in [4.78, 5) is 27.1. The van der Waals surface area contributed by atoms with Gasteiger partial charge in [0, 0.05) is 6.54 Å². The maximum atomic E-state index is 12.8. The Kier molecular flexibility index (Phi) is 6.24. The summed E-state index contributed by atoms with van der Waals surface area (Å²) in [7, 11) is 0. The topological polar surface area (TPSA) is 49.4 Å². The molecule has 0 aliphatic carbocycles. The number of hydrogen-bond acceptors (Lipinski definition) is 2. The molecule has 1 aliphatic heterocycles. The Labute approximate surface area is 129 Å². The fourth-order valence-electron chi connectivity index (χ4n) is 2.94. The van der Waals surface area contributed by atoms with Crippen LogP contribution in [0.5, 0.6) is 0 Å². The van der Waals surface area contributed by atoms with E-state index in [1.807, 2.05) is 39.5 Å². The Hall–Kier alpha value is -1.06. The van der Waals surface area contributed by atoms with Gasteiger partial charge in [-0.2, -0.15) is 0 Å². The highest BCUT2D eigenvalue weighted by atomic mass is 16.2. The minimum atomic E-state index is -0.411. The lowest BCUT2D eigenvalue weighted by atomic mass is 9.82. The summed E-state index contributed by atoms with van der Waals surface area (Å²) in [6, 6.07) is -0.732. The van der Waals surface area contributed by atoms with E-state index in [1.54, 1.807) is 0 Å². The molecule has 0 aromatic carbocycles. The molecule has 0 aromatic rings. The lowest BCUT2D eigenvalue weighted by Gasteiger charge is -2.44. The number of hydrogen-bond donors (Lipinski definition) is 1. The van der Waals surface area contributed by atoms with Gasteiger partial charge in [0.1, 0.15) is 12.1 Å². The normalized spacial score (nSPS) is 23.7. The second-order valence-corrected chi connectivity index (χ2v) is 7.59. The van der Waals surface area contributed by atoms with Gasteiger partial charge in [0.25, 0.3) is 0 Å². The van der Waals surface area contributed by atoms with Gasteiger partial charge in [-0.1, -0.05) is 60.8 Å². The zero-order chi connectivity index (χ0) is 16.2. The smallest absolute Gasteiger partial charge is 0.246 e. The third-order valence-electron chi connectivity index (χ3n) is 4.17. The zero-order valence-corrected chi connectivity index (χ0v) is 14.5. The average Bonchev–Trinajstić information content (AvgIpc) is 2.36. The molecule has 21 heavy (non-hydrogen) atoms. The molecule has 1 aliphatic rings. The van der Waals surface area contributed by atoms with Gasteiger partial charge in [-0.15, -0.1) is 0 Å². The molecule has 2 amide bonds. The van der Waals surface area contributed by atoms with Crippen LogP contribution in [0.25, 0.3) is 0 Å². The standard InChI is InChI=1S/C17H32N2O2/c1-7-8-9-10-11-19-13(12(2)3)15(20)18-14(16(19)21)17(4,5)6/h12-14H,7-11H2,1-6H3,(H,18,20). The minimum Gasteiger partial charge on any atom is -0.342 e. The first-order chi connectivity index (χ1) is 9.70. The van der Waals surface area contributed by atoms with Crippen LogP contribution in [0.3, 0.4) is 0 Å². The molecular formula is C17H32N2O2. The van der Waals surface area contributed by atoms with Crippen molar-refractivity contribution in [3.63, 3.8) is 0 Å². The number of unbranched alkanes of at least 4 members (excludes halogenated alkanes) is 3. The predicted octanol–water partition coefficient (Wildman–Crippen LogP) is 2.96. The van der Waals surface area contributed by atoms with Gasteiger partial charge in [-0.3, -0.25) is 9.59 Å². The fraction of sp³-hybridized carbons (Fsp3) is 0.882. The summed E-state index contributed by atoms with van der Waals surface area (Å²) < 4.78 is 0. The van der Waals surface area contributed by atoms with E-state index in [0.717, 1.165) is 12.8 Å². The highest BCUT2D eigenvalue weighted by Crippen LogP contribution is 2.27. The van der Waals surface area contributed by atoms with Gasteiger partial charge in [0.2, 0.25) is 11.8 Å². The molecule has 1 fully saturated rings. The third-order valence-corrected chi connectivity index (χ3v) is 4.17. The van der Waals surface area contributed by atoms with E-state index in [-0.39, 0.29) is 29.2 Å². The van der Waals surface area contributed by atoms with Crippen LogP contribution in [-0.2, 0) is 9.59 Å². The van der Waals surface area contributed by atoms with Crippen molar-refractivity contribution >= 4 is 11.8 Å². The summed E-state index contributed by atoms with van der Waals surface area (Å²) in [6.07, 6.45) is 4.45. The molecule has 1 N–H and O–H groups in total. The molecule has 0 radical (unpaired) electrons. The van der Waals surface area contributed by atoms with Crippen LogP contribution in [0.2, 0.25) is 0 Å². The van der Waals surface area contributed by atoms with Crippen LogP contribution in [-0.4, -0.2) is 35.3 Å². The minimum absolute atomic E-state index is 0.0000153. The molecule has 0 bridgehead atoms. The maximum absolute atomic E-state index is 12.8. The van der Waals surface area contributed by atoms with E-state index in [4.69, 9.17) is 0 Å². The fourth-order valence-corrected chi connectivity index (χ4v) is 2.94. The quantitative estimate of drug-likeness (QED) is 0.766. The van der Waals surface area contributed by atoms with Gasteiger partial charge in [-0.25, -0.2) is 0 Å². The highest BCUT2D eigenvalue weighted by Gasteiger charge is 2.45. The highest BCUT2D eigenvalue weighted by molar-refractivity contribution is 5.97. The van der Waals surface area contributed by atoms with Crippen LogP contribution in [0.15, 0.2) is 0 Å². The molecular weight excluding hydrogens is 264 g/mol. The molecule has 1 heterocycles. The maximum Gasteiger partial charge on any atom is 0.246 e. The van der Waals surface area contributed by atoms with Gasteiger partial charge >= 0.3 is 0 Å². The number of nitrogens with one attached hydrogen (secondary N) is 1. The largest absolute Gasteiger partial charge is 0.342 e. The summed E-state index contributed by atoms with van der Waals surface area (Å²) in [5, 5.41) is 2.94. The Morgan fingerprint density at radius 1 is 1.14 bits per heavy atom. The Balaban J connectivity index is 2.88. The van der Waals surface area contributed by atoms with Crippen LogP contribution in [0.1, 0.15) is 67.2 Å². The SMILES string of the molecule is CCCCCCN1C(=O)C(C(C)(C)C)NC(=O)C1C(C)C.